The van der Waals surface area contributed by atoms with Gasteiger partial charge in [-0.3, -0.25) is 4.79 Å². The van der Waals surface area contributed by atoms with Crippen LogP contribution in [0.25, 0.3) is 0 Å². The predicted molar refractivity (Wildman–Crippen MR) is 114 cm³/mol. The molecule has 0 unspecified atom stereocenters. The molecule has 2 aromatic carbocycles. The number of ketones is 1. The van der Waals surface area contributed by atoms with Gasteiger partial charge in [-0.05, 0) is 63.8 Å². The maximum atomic E-state index is 12.7. The largest absolute Gasteiger partial charge is 0.508 e. The number of Topliss-reactive ketones (excluding diaryl/α,β-unsaturated/α-hetero) is 1. The highest BCUT2D eigenvalue weighted by molar-refractivity contribution is 5.98. The number of aromatic hydroxyl groups is 3. The number of hydrogen-bond donors (Lipinski definition) is 3. The Labute approximate surface area is 176 Å². The van der Waals surface area contributed by atoms with Gasteiger partial charge >= 0.3 is 0 Å². The normalized spacial score (nSPS) is 21.8. The number of carbonyl (C=O) groups is 1. The molecule has 2 aromatic rings. The second-order valence-electron chi connectivity index (χ2n) is 9.00. The van der Waals surface area contributed by atoms with Gasteiger partial charge in [0.05, 0.1) is 5.56 Å². The van der Waals surface area contributed by atoms with Crippen LogP contribution in [-0.2, 0) is 6.42 Å². The Kier molecular flexibility index (Phi) is 5.00. The molecule has 2 aliphatic rings. The molecule has 158 valence electrons. The molecule has 0 aromatic heterocycles. The summed E-state index contributed by atoms with van der Waals surface area (Å²) in [6, 6.07) is 7.51. The van der Waals surface area contributed by atoms with E-state index in [0.717, 1.165) is 24.0 Å². The first-order chi connectivity index (χ1) is 14.2. The minimum atomic E-state index is -0.390. The van der Waals surface area contributed by atoms with E-state index < -0.39 is 5.60 Å². The molecule has 0 radical (unpaired) electrons. The van der Waals surface area contributed by atoms with Crippen LogP contribution in [0, 0.1) is 5.92 Å². The van der Waals surface area contributed by atoms with E-state index in [1.165, 1.54) is 23.8 Å². The molecule has 1 aliphatic carbocycles. The van der Waals surface area contributed by atoms with Crippen LogP contribution in [0.3, 0.4) is 0 Å². The molecule has 0 fully saturated rings. The van der Waals surface area contributed by atoms with E-state index in [4.69, 9.17) is 4.74 Å². The predicted octanol–water partition coefficient (Wildman–Crippen LogP) is 5.23. The zero-order chi connectivity index (χ0) is 21.6. The zero-order valence-corrected chi connectivity index (χ0v) is 17.6. The third-order valence-electron chi connectivity index (χ3n) is 6.51. The molecular formula is C25H28O5. The van der Waals surface area contributed by atoms with Gasteiger partial charge in [0, 0.05) is 29.9 Å². The quantitative estimate of drug-likeness (QED) is 0.476. The van der Waals surface area contributed by atoms with Gasteiger partial charge in [0.15, 0.2) is 17.3 Å². The van der Waals surface area contributed by atoms with Crippen LogP contribution in [0.2, 0.25) is 0 Å². The van der Waals surface area contributed by atoms with Gasteiger partial charge in [-0.2, -0.15) is 0 Å². The van der Waals surface area contributed by atoms with Crippen molar-refractivity contribution in [3.8, 4) is 23.0 Å². The summed E-state index contributed by atoms with van der Waals surface area (Å²) < 4.78 is 6.29. The Morgan fingerprint density at radius 2 is 1.90 bits per heavy atom. The van der Waals surface area contributed by atoms with Crippen molar-refractivity contribution in [3.05, 3.63) is 58.7 Å². The zero-order valence-electron chi connectivity index (χ0n) is 17.6. The lowest BCUT2D eigenvalue weighted by molar-refractivity contribution is 0.00880. The molecule has 0 saturated carbocycles. The van der Waals surface area contributed by atoms with Gasteiger partial charge in [0.1, 0.15) is 17.1 Å². The number of carbonyl (C=O) groups excluding carboxylic acids is 1. The second kappa shape index (κ2) is 7.38. The first-order valence-corrected chi connectivity index (χ1v) is 10.4. The van der Waals surface area contributed by atoms with E-state index >= 15 is 0 Å². The highest BCUT2D eigenvalue weighted by atomic mass is 16.5. The fraction of sp³-hybridized carbons (Fsp3) is 0.400. The molecule has 0 saturated heterocycles. The molecule has 1 aliphatic heterocycles. The highest BCUT2D eigenvalue weighted by Crippen LogP contribution is 2.54. The van der Waals surface area contributed by atoms with Crippen molar-refractivity contribution in [2.24, 2.45) is 5.92 Å². The monoisotopic (exact) mass is 408 g/mol. The van der Waals surface area contributed by atoms with Gasteiger partial charge in [0.25, 0.3) is 0 Å². The van der Waals surface area contributed by atoms with Crippen LogP contribution < -0.4 is 4.74 Å². The topological polar surface area (TPSA) is 87.0 Å². The number of rotatable bonds is 4. The van der Waals surface area contributed by atoms with E-state index in [2.05, 4.69) is 26.8 Å². The molecule has 1 heterocycles. The number of phenolic OH excluding ortho intramolecular Hbond substituents is 3. The van der Waals surface area contributed by atoms with Crippen molar-refractivity contribution in [1.82, 2.24) is 0 Å². The van der Waals surface area contributed by atoms with Crippen LogP contribution >= 0.6 is 0 Å². The lowest BCUT2D eigenvalue weighted by Crippen LogP contribution is -2.45. The first-order valence-electron chi connectivity index (χ1n) is 10.4. The number of aryl methyl sites for hydroxylation is 1. The Hall–Kier alpha value is -2.95. The summed E-state index contributed by atoms with van der Waals surface area (Å²) in [6.07, 6.45) is 5.03. The van der Waals surface area contributed by atoms with E-state index in [0.29, 0.717) is 18.1 Å². The standard InChI is InChI=1S/C25H28O5/c1-14-4-9-19-18(12-14)23-15(6-11-21(28)24(23)30-25(19,2)3)5-10-20(27)17-8-7-16(26)13-22(17)29/h6-8,11-13,18-19,26,28-29H,4-5,9-10H2,1-3H3/t18-,19+/m1/s1. The Morgan fingerprint density at radius 3 is 2.63 bits per heavy atom. The second-order valence-corrected chi connectivity index (χ2v) is 9.00. The summed E-state index contributed by atoms with van der Waals surface area (Å²) in [5.74, 6) is 0.579. The van der Waals surface area contributed by atoms with Gasteiger partial charge in [-0.25, -0.2) is 0 Å². The number of fused-ring (bicyclic) bond motifs is 3. The van der Waals surface area contributed by atoms with Crippen molar-refractivity contribution < 1.29 is 24.9 Å². The summed E-state index contributed by atoms with van der Waals surface area (Å²) in [6.45, 7) is 6.29. The summed E-state index contributed by atoms with van der Waals surface area (Å²) in [5, 5.41) is 29.9. The van der Waals surface area contributed by atoms with Crippen molar-refractivity contribution in [3.63, 3.8) is 0 Å². The molecule has 4 rings (SSSR count). The molecule has 30 heavy (non-hydrogen) atoms. The molecule has 5 nitrogen and oxygen atoms in total. The molecule has 3 N–H and O–H groups in total. The minimum absolute atomic E-state index is 0.0816. The van der Waals surface area contributed by atoms with Crippen molar-refractivity contribution in [2.75, 3.05) is 0 Å². The van der Waals surface area contributed by atoms with E-state index in [9.17, 15) is 20.1 Å². The summed E-state index contributed by atoms with van der Waals surface area (Å²) in [4.78, 5) is 12.7. The third kappa shape index (κ3) is 3.53. The Bertz CT molecular complexity index is 1030. The Balaban J connectivity index is 1.68. The molecule has 0 amide bonds. The van der Waals surface area contributed by atoms with E-state index in [1.807, 2.05) is 6.07 Å². The third-order valence-corrected chi connectivity index (χ3v) is 6.51. The van der Waals surface area contributed by atoms with E-state index in [1.54, 1.807) is 6.07 Å². The van der Waals surface area contributed by atoms with Crippen LogP contribution in [0.1, 0.15) is 67.4 Å². The van der Waals surface area contributed by atoms with Crippen molar-refractivity contribution >= 4 is 5.78 Å². The summed E-state index contributed by atoms with van der Waals surface area (Å²) >= 11 is 0. The SMILES string of the molecule is CC1=C[C@H]2c3c(CCC(=O)c4ccc(O)cc4O)ccc(O)c3OC(C)(C)[C@H]2CC1. The molecule has 5 heteroatoms. The minimum Gasteiger partial charge on any atom is -0.508 e. The summed E-state index contributed by atoms with van der Waals surface area (Å²) in [5.41, 5.74) is 3.09. The number of benzene rings is 2. The van der Waals surface area contributed by atoms with Crippen molar-refractivity contribution in [1.29, 1.82) is 0 Å². The Morgan fingerprint density at radius 1 is 1.13 bits per heavy atom. The average molecular weight is 408 g/mol. The number of ether oxygens (including phenoxy) is 1. The first kappa shape index (κ1) is 20.3. The van der Waals surface area contributed by atoms with Gasteiger partial charge < -0.3 is 20.1 Å². The van der Waals surface area contributed by atoms with Crippen LogP contribution in [-0.4, -0.2) is 26.7 Å². The lowest BCUT2D eigenvalue weighted by Gasteiger charge is -2.47. The molecule has 2 atom stereocenters. The maximum absolute atomic E-state index is 12.7. The van der Waals surface area contributed by atoms with Gasteiger partial charge in [0.2, 0.25) is 0 Å². The number of hydrogen-bond acceptors (Lipinski definition) is 5. The van der Waals surface area contributed by atoms with Crippen LogP contribution in [0.5, 0.6) is 23.0 Å². The number of allylic oxidation sites excluding steroid dienone is 2. The fourth-order valence-electron chi connectivity index (χ4n) is 4.93. The van der Waals surface area contributed by atoms with Crippen molar-refractivity contribution in [2.45, 2.75) is 58.0 Å². The molecule has 0 spiro atoms. The van der Waals surface area contributed by atoms with Crippen LogP contribution in [0.4, 0.5) is 0 Å². The van der Waals surface area contributed by atoms with Gasteiger partial charge in [-0.1, -0.05) is 17.7 Å². The van der Waals surface area contributed by atoms with Crippen LogP contribution in [0.15, 0.2) is 42.0 Å². The molecular weight excluding hydrogens is 380 g/mol. The van der Waals surface area contributed by atoms with E-state index in [-0.39, 0.29) is 40.9 Å². The summed E-state index contributed by atoms with van der Waals surface area (Å²) in [7, 11) is 0. The average Bonchev–Trinajstić information content (AvgIpc) is 2.67. The fourth-order valence-corrected chi connectivity index (χ4v) is 4.93. The lowest BCUT2D eigenvalue weighted by atomic mass is 9.67. The smallest absolute Gasteiger partial charge is 0.166 e. The maximum Gasteiger partial charge on any atom is 0.166 e. The number of phenols is 3. The molecule has 0 bridgehead atoms. The van der Waals surface area contributed by atoms with Gasteiger partial charge in [-0.15, -0.1) is 0 Å². The highest BCUT2D eigenvalue weighted by Gasteiger charge is 2.45.